The third-order valence-corrected chi connectivity index (χ3v) is 9.83. The fraction of sp³-hybridized carbons (Fsp3) is 0.273. The highest BCUT2D eigenvalue weighted by molar-refractivity contribution is 7.92. The van der Waals surface area contributed by atoms with Crippen LogP contribution in [-0.2, 0) is 10.0 Å². The smallest absolute Gasteiger partial charge is 0.270 e. The lowest BCUT2D eigenvalue weighted by Gasteiger charge is -2.34. The summed E-state index contributed by atoms with van der Waals surface area (Å²) in [6, 6.07) is 13.6. The van der Waals surface area contributed by atoms with Crippen LogP contribution in [0.25, 0.3) is 33.2 Å². The molecule has 9 nitrogen and oxygen atoms in total. The summed E-state index contributed by atoms with van der Waals surface area (Å²) in [5.41, 5.74) is 3.20. The molecule has 3 heterocycles. The minimum atomic E-state index is -3.71. The summed E-state index contributed by atoms with van der Waals surface area (Å²) in [6.07, 6.45) is 2.38. The van der Waals surface area contributed by atoms with E-state index in [1.54, 1.807) is 36.1 Å². The van der Waals surface area contributed by atoms with Crippen molar-refractivity contribution < 1.29 is 31.2 Å². The number of fused-ring (bicyclic) bond motifs is 2. The van der Waals surface area contributed by atoms with Crippen LogP contribution in [0.3, 0.4) is 0 Å². The Balaban J connectivity index is 1.47. The van der Waals surface area contributed by atoms with Gasteiger partial charge in [0.15, 0.2) is 0 Å². The number of anilines is 1. The molecule has 45 heavy (non-hydrogen) atoms. The molecular weight excluding hydrogens is 602 g/mol. The summed E-state index contributed by atoms with van der Waals surface area (Å²) < 4.78 is 61.1. The van der Waals surface area contributed by atoms with Crippen molar-refractivity contribution in [1.29, 1.82) is 0 Å². The molecule has 1 saturated heterocycles. The molecule has 1 fully saturated rings. The van der Waals surface area contributed by atoms with E-state index >= 15 is 0 Å². The number of benzene rings is 3. The zero-order chi connectivity index (χ0) is 32.2. The second kappa shape index (κ2) is 11.3. The van der Waals surface area contributed by atoms with Gasteiger partial charge in [-0.3, -0.25) is 13.9 Å². The van der Waals surface area contributed by atoms with E-state index in [0.717, 1.165) is 10.6 Å². The lowest BCUT2D eigenvalue weighted by Crippen LogP contribution is -2.40. The molecule has 0 saturated carbocycles. The average Bonchev–Trinajstić information content (AvgIpc) is 3.57. The lowest BCUT2D eigenvalue weighted by molar-refractivity contribution is 0.0701. The number of nitrogens with one attached hydrogen (secondary N) is 2. The number of hydrogen-bond acceptors (Lipinski definition) is 5. The summed E-state index contributed by atoms with van der Waals surface area (Å²) >= 11 is 0. The minimum absolute atomic E-state index is 0.219. The van der Waals surface area contributed by atoms with Crippen molar-refractivity contribution in [1.82, 2.24) is 15.2 Å². The van der Waals surface area contributed by atoms with Crippen LogP contribution < -0.4 is 9.62 Å². The predicted molar refractivity (Wildman–Crippen MR) is 169 cm³/mol. The number of rotatable bonds is 6. The number of hydrogen-bond donors (Lipinski definition) is 2. The second-order valence-electron chi connectivity index (χ2n) is 11.4. The molecule has 12 heteroatoms. The maximum absolute atomic E-state index is 14.5. The number of nitrogens with zero attached hydrogens (tertiary/aromatic N) is 2. The summed E-state index contributed by atoms with van der Waals surface area (Å²) in [5.74, 6) is -1.67. The van der Waals surface area contributed by atoms with Crippen molar-refractivity contribution in [2.75, 3.05) is 37.7 Å². The van der Waals surface area contributed by atoms with Crippen LogP contribution in [0.5, 0.6) is 0 Å². The summed E-state index contributed by atoms with van der Waals surface area (Å²) in [7, 11) is -0.782. The Morgan fingerprint density at radius 1 is 1.09 bits per heavy atom. The van der Waals surface area contributed by atoms with E-state index in [1.165, 1.54) is 44.4 Å². The lowest BCUT2D eigenvalue weighted by atomic mass is 9.88. The molecule has 1 aliphatic rings. The third kappa shape index (κ3) is 5.33. The molecule has 0 aliphatic carbocycles. The van der Waals surface area contributed by atoms with Crippen LogP contribution in [-0.4, -0.2) is 63.6 Å². The standard InChI is InChI=1S/C33H32F2N4O5S/c1-18-22-8-5-9-25(35)30(22)37-29(18)33(41)39-14-6-7-20(17-39)23-15-24-27(16-26(23)38(3)45(4,42)43)44-31(28(24)32(40)36-2)19-10-12-21(34)13-11-19/h5,8-13,15-16,20,37H,6-7,14,17H2,1-4H3,(H,36,40)/t20-/m1/s1. The van der Waals surface area contributed by atoms with Gasteiger partial charge < -0.3 is 19.6 Å². The zero-order valence-corrected chi connectivity index (χ0v) is 26.0. The van der Waals surface area contributed by atoms with E-state index in [0.29, 0.717) is 58.2 Å². The first kappa shape index (κ1) is 30.3. The topological polar surface area (TPSA) is 116 Å². The first-order chi connectivity index (χ1) is 21.4. The Morgan fingerprint density at radius 2 is 1.82 bits per heavy atom. The largest absolute Gasteiger partial charge is 0.455 e. The van der Waals surface area contributed by atoms with Gasteiger partial charge in [0.2, 0.25) is 10.0 Å². The molecule has 0 radical (unpaired) electrons. The van der Waals surface area contributed by atoms with Crippen LogP contribution in [0.1, 0.15) is 50.7 Å². The Morgan fingerprint density at radius 3 is 2.49 bits per heavy atom. The Kier molecular flexibility index (Phi) is 7.64. The average molecular weight is 635 g/mol. The molecule has 6 rings (SSSR count). The van der Waals surface area contributed by atoms with Crippen LogP contribution in [0.15, 0.2) is 59.0 Å². The number of aryl methyl sites for hydroxylation is 1. The number of furan rings is 1. The van der Waals surface area contributed by atoms with Crippen molar-refractivity contribution in [3.8, 4) is 11.3 Å². The van der Waals surface area contributed by atoms with Gasteiger partial charge in [0.05, 0.1) is 23.0 Å². The fourth-order valence-corrected chi connectivity index (χ4v) is 6.70. The quantitative estimate of drug-likeness (QED) is 0.240. The SMILES string of the molecule is CNC(=O)c1c(-c2ccc(F)cc2)oc2cc(N(C)S(C)(=O)=O)c([C@@H]3CCCN(C(=O)c4[nH]c5c(F)cccc5c4C)C3)cc12. The maximum Gasteiger partial charge on any atom is 0.270 e. The van der Waals surface area contributed by atoms with Crippen molar-refractivity contribution in [2.45, 2.75) is 25.7 Å². The molecular formula is C33H32F2N4O5S. The number of likely N-dealkylation sites (tertiary alicyclic amines) is 1. The van der Waals surface area contributed by atoms with Gasteiger partial charge in [0.1, 0.15) is 28.7 Å². The highest BCUT2D eigenvalue weighted by Crippen LogP contribution is 2.42. The highest BCUT2D eigenvalue weighted by Gasteiger charge is 2.32. The molecule has 2 N–H and O–H groups in total. The molecule has 0 unspecified atom stereocenters. The minimum Gasteiger partial charge on any atom is -0.455 e. The molecule has 0 bridgehead atoms. The summed E-state index contributed by atoms with van der Waals surface area (Å²) in [6.45, 7) is 2.51. The number of sulfonamides is 1. The molecule has 3 aromatic carbocycles. The number of piperidine rings is 1. The van der Waals surface area contributed by atoms with E-state index in [2.05, 4.69) is 10.3 Å². The number of para-hydroxylation sites is 1. The molecule has 234 valence electrons. The number of halogens is 2. The molecule has 1 atom stereocenters. The number of carbonyl (C=O) groups is 2. The van der Waals surface area contributed by atoms with Gasteiger partial charge >= 0.3 is 0 Å². The molecule has 2 aromatic heterocycles. The van der Waals surface area contributed by atoms with Gasteiger partial charge in [-0.15, -0.1) is 0 Å². The number of aromatic nitrogens is 1. The second-order valence-corrected chi connectivity index (χ2v) is 13.4. The summed E-state index contributed by atoms with van der Waals surface area (Å²) in [4.78, 5) is 31.7. The van der Waals surface area contributed by atoms with E-state index in [4.69, 9.17) is 4.42 Å². The first-order valence-electron chi connectivity index (χ1n) is 14.5. The summed E-state index contributed by atoms with van der Waals surface area (Å²) in [5, 5.41) is 3.73. The van der Waals surface area contributed by atoms with E-state index < -0.39 is 27.6 Å². The van der Waals surface area contributed by atoms with Crippen LogP contribution in [0.2, 0.25) is 0 Å². The van der Waals surface area contributed by atoms with E-state index in [1.807, 2.05) is 0 Å². The van der Waals surface area contributed by atoms with Crippen molar-refractivity contribution in [2.24, 2.45) is 0 Å². The number of aromatic amines is 1. The number of carbonyl (C=O) groups excluding carboxylic acids is 2. The van der Waals surface area contributed by atoms with Gasteiger partial charge in [-0.05, 0) is 67.3 Å². The zero-order valence-electron chi connectivity index (χ0n) is 25.2. The Bertz CT molecular complexity index is 2090. The van der Waals surface area contributed by atoms with Gasteiger partial charge in [-0.25, -0.2) is 17.2 Å². The number of amides is 2. The van der Waals surface area contributed by atoms with E-state index in [9.17, 15) is 26.8 Å². The maximum atomic E-state index is 14.5. The molecule has 2 amide bonds. The molecule has 1 aliphatic heterocycles. The van der Waals surface area contributed by atoms with Crippen molar-refractivity contribution >= 4 is 49.4 Å². The highest BCUT2D eigenvalue weighted by atomic mass is 32.2. The van der Waals surface area contributed by atoms with Crippen LogP contribution in [0, 0.1) is 18.6 Å². The van der Waals surface area contributed by atoms with Gasteiger partial charge in [0, 0.05) is 55.5 Å². The monoisotopic (exact) mass is 634 g/mol. The van der Waals surface area contributed by atoms with Crippen molar-refractivity contribution in [3.05, 3.63) is 88.6 Å². The molecule has 0 spiro atoms. The fourth-order valence-electron chi connectivity index (χ4n) is 6.19. The normalized spacial score (nSPS) is 15.5. The Labute approximate surface area is 258 Å². The molecule has 5 aromatic rings. The third-order valence-electron chi connectivity index (χ3n) is 8.64. The van der Waals surface area contributed by atoms with Crippen molar-refractivity contribution in [3.63, 3.8) is 0 Å². The van der Waals surface area contributed by atoms with Gasteiger partial charge in [-0.1, -0.05) is 12.1 Å². The van der Waals surface area contributed by atoms with Gasteiger partial charge in [-0.2, -0.15) is 0 Å². The van der Waals surface area contributed by atoms with Gasteiger partial charge in [0.25, 0.3) is 11.8 Å². The first-order valence-corrected chi connectivity index (χ1v) is 16.3. The Hall–Kier alpha value is -4.71. The van der Waals surface area contributed by atoms with E-state index in [-0.39, 0.29) is 40.8 Å². The van der Waals surface area contributed by atoms with Crippen LogP contribution >= 0.6 is 0 Å². The predicted octanol–water partition coefficient (Wildman–Crippen LogP) is 5.94. The van der Waals surface area contributed by atoms with Crippen LogP contribution in [0.4, 0.5) is 14.5 Å². The number of H-pyrrole nitrogens is 1.